The van der Waals surface area contributed by atoms with Crippen LogP contribution in [0.3, 0.4) is 0 Å². The zero-order valence-electron chi connectivity index (χ0n) is 11.4. The van der Waals surface area contributed by atoms with Crippen LogP contribution in [0.5, 0.6) is 0 Å². The Kier molecular flexibility index (Phi) is 8.43. The molecule has 0 aliphatic carbocycles. The summed E-state index contributed by atoms with van der Waals surface area (Å²) in [5, 5.41) is 7.30. The van der Waals surface area contributed by atoms with Gasteiger partial charge in [0.2, 0.25) is 0 Å². The molecule has 6 heteroatoms. The van der Waals surface area contributed by atoms with Crippen LogP contribution in [0.25, 0.3) is 0 Å². The van der Waals surface area contributed by atoms with Gasteiger partial charge in [-0.1, -0.05) is 27.7 Å². The minimum Gasteiger partial charge on any atom is -0.262 e. The predicted molar refractivity (Wildman–Crippen MR) is 72.2 cm³/mol. The van der Waals surface area contributed by atoms with Crippen LogP contribution in [0.2, 0.25) is 0 Å². The number of nitrogens with one attached hydrogen (secondary N) is 2. The van der Waals surface area contributed by atoms with Gasteiger partial charge in [-0.25, -0.2) is 10.9 Å². The highest BCUT2D eigenvalue weighted by Crippen LogP contribution is 1.94. The number of amides is 2. The molecule has 0 radical (unpaired) electrons. The SMILES string of the molecule is CC(C)C/C=N/NC(=O)C(=O)N/N=C/CC(C)C. The van der Waals surface area contributed by atoms with Crippen LogP contribution in [-0.2, 0) is 9.59 Å². The van der Waals surface area contributed by atoms with E-state index in [0.29, 0.717) is 11.8 Å². The van der Waals surface area contributed by atoms with Crippen molar-refractivity contribution in [2.24, 2.45) is 22.0 Å². The van der Waals surface area contributed by atoms with E-state index in [4.69, 9.17) is 0 Å². The van der Waals surface area contributed by atoms with Crippen molar-refractivity contribution in [3.63, 3.8) is 0 Å². The number of carbonyl (C=O) groups is 2. The third kappa shape index (κ3) is 9.50. The van der Waals surface area contributed by atoms with Crippen molar-refractivity contribution in [3.05, 3.63) is 0 Å². The lowest BCUT2D eigenvalue weighted by atomic mass is 10.2. The van der Waals surface area contributed by atoms with Crippen molar-refractivity contribution >= 4 is 24.2 Å². The van der Waals surface area contributed by atoms with Gasteiger partial charge in [0.1, 0.15) is 0 Å². The number of hydrazone groups is 2. The molecule has 0 bridgehead atoms. The van der Waals surface area contributed by atoms with Crippen molar-refractivity contribution in [2.75, 3.05) is 0 Å². The van der Waals surface area contributed by atoms with Gasteiger partial charge < -0.3 is 0 Å². The Hall–Kier alpha value is -1.72. The van der Waals surface area contributed by atoms with Gasteiger partial charge in [-0.05, 0) is 24.7 Å². The maximum atomic E-state index is 11.2. The lowest BCUT2D eigenvalue weighted by molar-refractivity contribution is -0.139. The van der Waals surface area contributed by atoms with E-state index >= 15 is 0 Å². The molecule has 0 spiro atoms. The van der Waals surface area contributed by atoms with Gasteiger partial charge in [-0.15, -0.1) is 0 Å². The molecule has 0 heterocycles. The Bertz CT molecular complexity index is 290. The molecule has 0 rings (SSSR count). The molecule has 0 aromatic rings. The fraction of sp³-hybridized carbons (Fsp3) is 0.667. The molecular formula is C12H22N4O2. The van der Waals surface area contributed by atoms with Crippen LogP contribution in [0.4, 0.5) is 0 Å². The lowest BCUT2D eigenvalue weighted by Gasteiger charge is -2.00. The van der Waals surface area contributed by atoms with E-state index in [-0.39, 0.29) is 0 Å². The van der Waals surface area contributed by atoms with Gasteiger partial charge in [0.25, 0.3) is 0 Å². The van der Waals surface area contributed by atoms with Gasteiger partial charge in [0.05, 0.1) is 0 Å². The molecule has 18 heavy (non-hydrogen) atoms. The van der Waals surface area contributed by atoms with Crippen molar-refractivity contribution < 1.29 is 9.59 Å². The summed E-state index contributed by atoms with van der Waals surface area (Å²) in [6.07, 6.45) is 4.62. The molecular weight excluding hydrogens is 232 g/mol. The van der Waals surface area contributed by atoms with Crippen LogP contribution in [-0.4, -0.2) is 24.2 Å². The van der Waals surface area contributed by atoms with Gasteiger partial charge >= 0.3 is 11.8 Å². The van der Waals surface area contributed by atoms with Crippen LogP contribution in [0.15, 0.2) is 10.2 Å². The van der Waals surface area contributed by atoms with E-state index in [1.165, 1.54) is 0 Å². The molecule has 0 saturated carbocycles. The largest absolute Gasteiger partial charge is 0.331 e. The van der Waals surface area contributed by atoms with Crippen molar-refractivity contribution in [2.45, 2.75) is 40.5 Å². The second-order valence-electron chi connectivity index (χ2n) is 4.76. The third-order valence-corrected chi connectivity index (χ3v) is 1.87. The smallest absolute Gasteiger partial charge is 0.262 e. The lowest BCUT2D eigenvalue weighted by Crippen LogP contribution is -2.35. The standard InChI is InChI=1S/C12H22N4O2/c1-9(2)5-7-13-15-11(17)12(18)16-14-8-6-10(3)4/h7-10H,5-6H2,1-4H3,(H,15,17)(H,16,18)/b13-7+,14-8+. The quantitative estimate of drug-likeness (QED) is 0.425. The molecule has 102 valence electrons. The fourth-order valence-electron chi connectivity index (χ4n) is 0.837. The normalized spacial score (nSPS) is 11.7. The zero-order valence-corrected chi connectivity index (χ0v) is 11.4. The Morgan fingerprint density at radius 3 is 1.50 bits per heavy atom. The summed E-state index contributed by atoms with van der Waals surface area (Å²) < 4.78 is 0. The first-order valence-corrected chi connectivity index (χ1v) is 6.06. The van der Waals surface area contributed by atoms with Crippen LogP contribution < -0.4 is 10.9 Å². The molecule has 0 aliphatic heterocycles. The first kappa shape index (κ1) is 16.3. The average molecular weight is 254 g/mol. The number of rotatable bonds is 6. The van der Waals surface area contributed by atoms with E-state index in [9.17, 15) is 9.59 Å². The van der Waals surface area contributed by atoms with Crippen molar-refractivity contribution in [1.29, 1.82) is 0 Å². The van der Waals surface area contributed by atoms with E-state index in [1.54, 1.807) is 12.4 Å². The zero-order chi connectivity index (χ0) is 14.0. The van der Waals surface area contributed by atoms with Gasteiger partial charge in [-0.2, -0.15) is 10.2 Å². The van der Waals surface area contributed by atoms with Crippen molar-refractivity contribution in [3.8, 4) is 0 Å². The summed E-state index contributed by atoms with van der Waals surface area (Å²) in [4.78, 5) is 22.4. The summed E-state index contributed by atoms with van der Waals surface area (Å²) in [5.74, 6) is -0.728. The molecule has 0 aromatic heterocycles. The number of hydrogen-bond donors (Lipinski definition) is 2. The molecule has 6 nitrogen and oxygen atoms in total. The minimum absolute atomic E-state index is 0.458. The van der Waals surface area contributed by atoms with E-state index in [2.05, 4.69) is 21.1 Å². The van der Waals surface area contributed by atoms with E-state index in [0.717, 1.165) is 12.8 Å². The van der Waals surface area contributed by atoms with Gasteiger partial charge in [0, 0.05) is 12.4 Å². The number of nitrogens with zero attached hydrogens (tertiary/aromatic N) is 2. The Morgan fingerprint density at radius 2 is 1.22 bits per heavy atom. The highest BCUT2D eigenvalue weighted by Gasteiger charge is 2.10. The summed E-state index contributed by atoms with van der Waals surface area (Å²) in [5.41, 5.74) is 4.26. The molecule has 0 unspecified atom stereocenters. The number of hydrogen-bond acceptors (Lipinski definition) is 4. The topological polar surface area (TPSA) is 82.9 Å². The molecule has 0 fully saturated rings. The maximum absolute atomic E-state index is 11.2. The molecule has 0 atom stereocenters. The van der Waals surface area contributed by atoms with Gasteiger partial charge in [0.15, 0.2) is 0 Å². The highest BCUT2D eigenvalue weighted by molar-refractivity contribution is 6.35. The Labute approximate surface area is 108 Å². The second-order valence-corrected chi connectivity index (χ2v) is 4.76. The molecule has 2 amide bonds. The molecule has 0 aromatic carbocycles. The summed E-state index contributed by atoms with van der Waals surface area (Å²) in [6.45, 7) is 8.13. The first-order chi connectivity index (χ1) is 8.43. The van der Waals surface area contributed by atoms with E-state index in [1.807, 2.05) is 27.7 Å². The first-order valence-electron chi connectivity index (χ1n) is 6.06. The van der Waals surface area contributed by atoms with Crippen LogP contribution in [0.1, 0.15) is 40.5 Å². The van der Waals surface area contributed by atoms with Gasteiger partial charge in [-0.3, -0.25) is 9.59 Å². The molecule has 0 aliphatic rings. The van der Waals surface area contributed by atoms with Crippen molar-refractivity contribution in [1.82, 2.24) is 10.9 Å². The third-order valence-electron chi connectivity index (χ3n) is 1.87. The summed E-state index contributed by atoms with van der Waals surface area (Å²) >= 11 is 0. The number of carbonyl (C=O) groups excluding carboxylic acids is 2. The predicted octanol–water partition coefficient (Wildman–Crippen LogP) is 1.28. The monoisotopic (exact) mass is 254 g/mol. The highest BCUT2D eigenvalue weighted by atomic mass is 16.2. The maximum Gasteiger partial charge on any atom is 0.331 e. The minimum atomic E-state index is -0.822. The average Bonchev–Trinajstić information content (AvgIpc) is 2.29. The van der Waals surface area contributed by atoms with Crippen LogP contribution >= 0.6 is 0 Å². The summed E-state index contributed by atoms with van der Waals surface area (Å²) in [6, 6.07) is 0. The second kappa shape index (κ2) is 9.32. The summed E-state index contributed by atoms with van der Waals surface area (Å²) in [7, 11) is 0. The molecule has 2 N–H and O–H groups in total. The van der Waals surface area contributed by atoms with Crippen LogP contribution in [0, 0.1) is 11.8 Å². The molecule has 0 saturated heterocycles. The Morgan fingerprint density at radius 1 is 0.889 bits per heavy atom. The Balaban J connectivity index is 3.86. The van der Waals surface area contributed by atoms with E-state index < -0.39 is 11.8 Å². The fourth-order valence-corrected chi connectivity index (χ4v) is 0.837.